The lowest BCUT2D eigenvalue weighted by Gasteiger charge is -2.10. The second-order valence-corrected chi connectivity index (χ2v) is 6.02. The summed E-state index contributed by atoms with van der Waals surface area (Å²) in [5.74, 6) is -3.08. The maximum absolute atomic E-state index is 12.8. The van der Waals surface area contributed by atoms with E-state index in [1.165, 1.54) is 12.1 Å². The molecule has 0 aliphatic carbocycles. The van der Waals surface area contributed by atoms with Gasteiger partial charge in [-0.25, -0.2) is 23.8 Å². The van der Waals surface area contributed by atoms with Crippen molar-refractivity contribution < 1.29 is 43.9 Å². The number of carbonyl (C=O) groups is 3. The van der Waals surface area contributed by atoms with Gasteiger partial charge >= 0.3 is 18.0 Å². The van der Waals surface area contributed by atoms with Gasteiger partial charge in [-0.3, -0.25) is 5.32 Å². The molecule has 0 radical (unpaired) electrons. The zero-order valence-corrected chi connectivity index (χ0v) is 16.9. The molecule has 2 rings (SSSR count). The number of benzene rings is 1. The number of carboxylic acids is 2. The first-order valence-corrected chi connectivity index (χ1v) is 9.05. The van der Waals surface area contributed by atoms with E-state index < -0.39 is 30.2 Å². The number of hydrogen-bond donors (Lipinski definition) is 7. The molecular formula is C19H23FN4O8. The minimum Gasteiger partial charge on any atom is -0.479 e. The highest BCUT2D eigenvalue weighted by atomic mass is 19.1. The van der Waals surface area contributed by atoms with Gasteiger partial charge in [-0.1, -0.05) is 12.1 Å². The van der Waals surface area contributed by atoms with Gasteiger partial charge in [0.2, 0.25) is 0 Å². The summed E-state index contributed by atoms with van der Waals surface area (Å²) in [5.41, 5.74) is 7.08. The van der Waals surface area contributed by atoms with Crippen LogP contribution in [0, 0.1) is 5.82 Å². The van der Waals surface area contributed by atoms with Gasteiger partial charge < -0.3 is 36.2 Å². The first-order valence-electron chi connectivity index (χ1n) is 9.05. The van der Waals surface area contributed by atoms with Crippen LogP contribution in [-0.4, -0.2) is 62.3 Å². The molecule has 2 aromatic rings. The lowest BCUT2D eigenvalue weighted by atomic mass is 10.2. The summed E-state index contributed by atoms with van der Waals surface area (Å²) in [4.78, 5) is 35.0. The van der Waals surface area contributed by atoms with Crippen LogP contribution in [0.5, 0.6) is 0 Å². The van der Waals surface area contributed by atoms with E-state index in [2.05, 4.69) is 15.6 Å². The van der Waals surface area contributed by atoms with E-state index in [0.717, 1.165) is 5.56 Å². The molecule has 1 heterocycles. The Morgan fingerprint density at radius 3 is 2.09 bits per heavy atom. The van der Waals surface area contributed by atoms with Gasteiger partial charge in [0.05, 0.1) is 12.3 Å². The molecule has 2 atom stereocenters. The SMILES string of the molecule is CCOC(=O)Nc1ccc(NCc2ccc(F)cc2)nc1N.O=C(O)C(O)C(O)C(=O)O. The number of ether oxygens (including phenoxy) is 1. The number of aliphatic carboxylic acids is 2. The van der Waals surface area contributed by atoms with Gasteiger partial charge in [-0.15, -0.1) is 0 Å². The van der Waals surface area contributed by atoms with Crippen molar-refractivity contribution in [3.05, 3.63) is 47.8 Å². The van der Waals surface area contributed by atoms with Crippen LogP contribution in [0.2, 0.25) is 0 Å². The molecule has 1 aromatic heterocycles. The first-order chi connectivity index (χ1) is 15.0. The van der Waals surface area contributed by atoms with Crippen molar-refractivity contribution in [2.24, 2.45) is 0 Å². The number of nitrogens with two attached hydrogens (primary N) is 1. The third kappa shape index (κ3) is 8.81. The number of amides is 1. The second-order valence-electron chi connectivity index (χ2n) is 6.02. The Labute approximate surface area is 181 Å². The van der Waals surface area contributed by atoms with Crippen molar-refractivity contribution in [3.63, 3.8) is 0 Å². The number of nitrogens with one attached hydrogen (secondary N) is 2. The number of carboxylic acid groups (broad SMARTS) is 2. The summed E-state index contributed by atoms with van der Waals surface area (Å²) in [7, 11) is 0. The average Bonchev–Trinajstić information content (AvgIpc) is 2.74. The van der Waals surface area contributed by atoms with Crippen molar-refractivity contribution in [2.75, 3.05) is 23.0 Å². The number of anilines is 3. The smallest absolute Gasteiger partial charge is 0.411 e. The summed E-state index contributed by atoms with van der Waals surface area (Å²) >= 11 is 0. The molecule has 12 nitrogen and oxygen atoms in total. The van der Waals surface area contributed by atoms with Crippen LogP contribution in [0.25, 0.3) is 0 Å². The number of nitrogens with zero attached hydrogens (tertiary/aromatic N) is 1. The molecule has 32 heavy (non-hydrogen) atoms. The Balaban J connectivity index is 0.000000433. The number of aliphatic hydroxyl groups excluding tert-OH is 2. The zero-order chi connectivity index (χ0) is 24.3. The third-order valence-electron chi connectivity index (χ3n) is 3.63. The molecule has 2 unspecified atom stereocenters. The number of rotatable bonds is 8. The standard InChI is InChI=1S/C15H17FN4O2.C4H6O6/c1-2-22-15(21)19-12-7-8-13(20-14(12)17)18-9-10-3-5-11(16)6-4-10;5-1(3(7)8)2(6)4(9)10/h3-8H,2,9H2,1H3,(H,19,21)(H3,17,18,20);1-2,5-6H,(H,7,8)(H,9,10). The van der Waals surface area contributed by atoms with Gasteiger partial charge in [0.1, 0.15) is 17.5 Å². The average molecular weight is 454 g/mol. The minimum atomic E-state index is -2.27. The normalized spacial score (nSPS) is 11.9. The molecule has 13 heteroatoms. The van der Waals surface area contributed by atoms with Crippen molar-refractivity contribution >= 4 is 35.4 Å². The van der Waals surface area contributed by atoms with E-state index in [-0.39, 0.29) is 18.2 Å². The second kappa shape index (κ2) is 12.7. The summed E-state index contributed by atoms with van der Waals surface area (Å²) in [6.45, 7) is 2.47. The highest BCUT2D eigenvalue weighted by molar-refractivity contribution is 5.88. The van der Waals surface area contributed by atoms with E-state index in [1.54, 1.807) is 31.2 Å². The Morgan fingerprint density at radius 2 is 1.62 bits per heavy atom. The topological polar surface area (TPSA) is 204 Å². The molecule has 0 saturated heterocycles. The van der Waals surface area contributed by atoms with Gasteiger partial charge in [0, 0.05) is 6.54 Å². The van der Waals surface area contributed by atoms with Crippen LogP contribution in [0.4, 0.5) is 26.5 Å². The predicted octanol–water partition coefficient (Wildman–Crippen LogP) is 0.861. The molecule has 1 aromatic carbocycles. The lowest BCUT2D eigenvalue weighted by molar-refractivity contribution is -0.165. The number of halogens is 1. The zero-order valence-electron chi connectivity index (χ0n) is 16.9. The minimum absolute atomic E-state index is 0.178. The molecule has 0 saturated carbocycles. The van der Waals surface area contributed by atoms with Crippen molar-refractivity contribution in [2.45, 2.75) is 25.7 Å². The predicted molar refractivity (Wildman–Crippen MR) is 110 cm³/mol. The highest BCUT2D eigenvalue weighted by Gasteiger charge is 2.29. The molecule has 0 aliphatic rings. The highest BCUT2D eigenvalue weighted by Crippen LogP contribution is 2.19. The fraction of sp³-hybridized carbons (Fsp3) is 0.263. The molecule has 174 valence electrons. The van der Waals surface area contributed by atoms with Crippen LogP contribution >= 0.6 is 0 Å². The van der Waals surface area contributed by atoms with E-state index in [1.807, 2.05) is 0 Å². The Kier molecular flexibility index (Phi) is 10.3. The molecule has 0 fully saturated rings. The van der Waals surface area contributed by atoms with Crippen LogP contribution in [0.3, 0.4) is 0 Å². The molecule has 0 spiro atoms. The molecule has 0 aliphatic heterocycles. The van der Waals surface area contributed by atoms with Crippen LogP contribution in [0.15, 0.2) is 36.4 Å². The van der Waals surface area contributed by atoms with Gasteiger partial charge in [0.15, 0.2) is 12.2 Å². The summed E-state index contributed by atoms with van der Waals surface area (Å²) in [6, 6.07) is 9.47. The van der Waals surface area contributed by atoms with Gasteiger partial charge in [0.25, 0.3) is 0 Å². The quantitative estimate of drug-likeness (QED) is 0.298. The largest absolute Gasteiger partial charge is 0.479 e. The van der Waals surface area contributed by atoms with E-state index >= 15 is 0 Å². The van der Waals surface area contributed by atoms with Gasteiger partial charge in [-0.2, -0.15) is 0 Å². The number of nitrogen functional groups attached to an aromatic ring is 1. The van der Waals surface area contributed by atoms with E-state index in [4.69, 9.17) is 30.9 Å². The van der Waals surface area contributed by atoms with Gasteiger partial charge in [-0.05, 0) is 36.8 Å². The van der Waals surface area contributed by atoms with Crippen LogP contribution < -0.4 is 16.4 Å². The van der Waals surface area contributed by atoms with Crippen LogP contribution in [0.1, 0.15) is 12.5 Å². The van der Waals surface area contributed by atoms with Crippen molar-refractivity contribution in [1.29, 1.82) is 0 Å². The lowest BCUT2D eigenvalue weighted by Crippen LogP contribution is -2.39. The maximum Gasteiger partial charge on any atom is 0.411 e. The summed E-state index contributed by atoms with van der Waals surface area (Å²) < 4.78 is 17.6. The molecule has 0 bridgehead atoms. The maximum atomic E-state index is 12.8. The number of carbonyl (C=O) groups excluding carboxylic acids is 1. The van der Waals surface area contributed by atoms with Crippen molar-refractivity contribution in [1.82, 2.24) is 4.98 Å². The Bertz CT molecular complexity index is 908. The Morgan fingerprint density at radius 1 is 1.06 bits per heavy atom. The number of aromatic nitrogens is 1. The first kappa shape index (κ1) is 26.1. The van der Waals surface area contributed by atoms with Crippen molar-refractivity contribution in [3.8, 4) is 0 Å². The molecule has 8 N–H and O–H groups in total. The number of hydrogen-bond acceptors (Lipinski definition) is 9. The number of pyridine rings is 1. The monoisotopic (exact) mass is 454 g/mol. The number of aliphatic hydroxyl groups is 2. The van der Waals surface area contributed by atoms with E-state index in [9.17, 15) is 18.8 Å². The fourth-order valence-electron chi connectivity index (χ4n) is 2.02. The Hall–Kier alpha value is -3.97. The molecular weight excluding hydrogens is 431 g/mol. The summed E-state index contributed by atoms with van der Waals surface area (Å²) in [5, 5.41) is 38.1. The fourth-order valence-corrected chi connectivity index (χ4v) is 2.02. The summed E-state index contributed by atoms with van der Waals surface area (Å²) in [6.07, 6.45) is -5.11. The van der Waals surface area contributed by atoms with Crippen LogP contribution in [-0.2, 0) is 20.9 Å². The molecule has 1 amide bonds. The van der Waals surface area contributed by atoms with E-state index in [0.29, 0.717) is 18.1 Å². The third-order valence-corrected chi connectivity index (χ3v) is 3.63.